The topological polar surface area (TPSA) is 134 Å². The summed E-state index contributed by atoms with van der Waals surface area (Å²) in [5, 5.41) is 10.1. The fraction of sp³-hybridized carbons (Fsp3) is 0.261. The molecular formula is C23H30N6O2. The van der Waals surface area contributed by atoms with Gasteiger partial charge in [-0.3, -0.25) is 19.9 Å². The molecule has 31 heavy (non-hydrogen) atoms. The number of hydrogen-bond acceptors (Lipinski definition) is 7. The van der Waals surface area contributed by atoms with Crippen molar-refractivity contribution in [3.8, 4) is 0 Å². The first kappa shape index (κ1) is 22.4. The number of amides is 1. The van der Waals surface area contributed by atoms with Crippen molar-refractivity contribution in [3.63, 3.8) is 0 Å². The molecule has 8 heteroatoms. The fourth-order valence-electron chi connectivity index (χ4n) is 3.75. The summed E-state index contributed by atoms with van der Waals surface area (Å²) in [7, 11) is 0. The van der Waals surface area contributed by atoms with Crippen molar-refractivity contribution in [2.75, 3.05) is 23.8 Å². The average Bonchev–Trinajstić information content (AvgIpc) is 3.25. The molecule has 3 rings (SSSR count). The van der Waals surface area contributed by atoms with Crippen LogP contribution in [-0.2, 0) is 4.79 Å². The summed E-state index contributed by atoms with van der Waals surface area (Å²) < 4.78 is 0. The van der Waals surface area contributed by atoms with Crippen molar-refractivity contribution in [2.45, 2.75) is 25.3 Å². The molecule has 1 atom stereocenters. The van der Waals surface area contributed by atoms with Crippen LogP contribution in [0.2, 0.25) is 0 Å². The van der Waals surface area contributed by atoms with E-state index in [0.717, 1.165) is 43.6 Å². The molecule has 0 spiro atoms. The Balaban J connectivity index is 1.57. The molecule has 1 saturated heterocycles. The number of nitrogens with two attached hydrogens (primary N) is 3. The van der Waals surface area contributed by atoms with Crippen LogP contribution in [0.3, 0.4) is 0 Å². The maximum absolute atomic E-state index is 11.1. The molecule has 1 amide bonds. The fourth-order valence-corrected chi connectivity index (χ4v) is 3.75. The van der Waals surface area contributed by atoms with Gasteiger partial charge in [0.15, 0.2) is 0 Å². The predicted octanol–water partition coefficient (Wildman–Crippen LogP) is 2.49. The zero-order chi connectivity index (χ0) is 22.2. The average molecular weight is 423 g/mol. The van der Waals surface area contributed by atoms with Crippen molar-refractivity contribution in [1.82, 2.24) is 10.4 Å². The molecule has 1 heterocycles. The highest BCUT2D eigenvalue weighted by atomic mass is 16.5. The molecule has 8 N–H and O–H groups in total. The molecule has 0 bridgehead atoms. The number of hydrazine groups is 1. The highest BCUT2D eigenvalue weighted by molar-refractivity contribution is 5.90. The van der Waals surface area contributed by atoms with E-state index in [1.54, 1.807) is 29.9 Å². The number of carbonyl (C=O) groups is 1. The number of hydroxylamine groups is 1. The number of hydrogen-bond donors (Lipinski definition) is 5. The molecule has 1 fully saturated rings. The lowest BCUT2D eigenvalue weighted by atomic mass is 10.0. The molecule has 8 nitrogen and oxygen atoms in total. The number of nitrogens with one attached hydrogen (secondary N) is 1. The first-order valence-electron chi connectivity index (χ1n) is 10.3. The van der Waals surface area contributed by atoms with Gasteiger partial charge < -0.3 is 11.5 Å². The molecular weight excluding hydrogens is 392 g/mol. The number of likely N-dealkylation sites (tertiary alicyclic amines) is 1. The molecule has 1 aliphatic rings. The summed E-state index contributed by atoms with van der Waals surface area (Å²) >= 11 is 0. The van der Waals surface area contributed by atoms with Gasteiger partial charge in [-0.05, 0) is 60.9 Å². The van der Waals surface area contributed by atoms with Crippen LogP contribution < -0.4 is 27.8 Å². The Hall–Kier alpha value is -3.33. The Morgan fingerprint density at radius 2 is 1.90 bits per heavy atom. The standard InChI is InChI=1S/C23H30N6O2/c24-19-8-10-21(11-9-19)29(26)16-20(25)13-15-28-14-1-2-22(28)18-6-3-17(4-7-18)5-12-23(30)27-31/h3-12,16,22,31H,1-2,13-15,24-26H2,(H,27,30)/b12-5+,20-16-. The van der Waals surface area contributed by atoms with Crippen LogP contribution in [0.25, 0.3) is 6.08 Å². The Bertz CT molecular complexity index is 924. The molecule has 164 valence electrons. The quantitative estimate of drug-likeness (QED) is 0.145. The molecule has 0 radical (unpaired) electrons. The smallest absolute Gasteiger partial charge is 0.267 e. The second-order valence-corrected chi connectivity index (χ2v) is 7.62. The largest absolute Gasteiger partial charge is 0.401 e. The van der Waals surface area contributed by atoms with Crippen LogP contribution in [0.4, 0.5) is 11.4 Å². The molecule has 1 aliphatic heterocycles. The summed E-state index contributed by atoms with van der Waals surface area (Å²) in [5.74, 6) is 5.54. The number of carbonyl (C=O) groups excluding carboxylic acids is 1. The van der Waals surface area contributed by atoms with E-state index in [1.807, 2.05) is 24.3 Å². The number of nitrogens with zero attached hydrogens (tertiary/aromatic N) is 2. The van der Waals surface area contributed by atoms with Gasteiger partial charge >= 0.3 is 0 Å². The minimum absolute atomic E-state index is 0.345. The van der Waals surface area contributed by atoms with Crippen molar-refractivity contribution in [3.05, 3.63) is 77.6 Å². The van der Waals surface area contributed by atoms with Gasteiger partial charge in [-0.25, -0.2) is 11.3 Å². The molecule has 0 saturated carbocycles. The normalized spacial score (nSPS) is 17.2. The first-order valence-corrected chi connectivity index (χ1v) is 10.3. The molecule has 2 aromatic carbocycles. The van der Waals surface area contributed by atoms with E-state index in [0.29, 0.717) is 17.4 Å². The van der Waals surface area contributed by atoms with Crippen LogP contribution in [0.15, 0.2) is 66.5 Å². The summed E-state index contributed by atoms with van der Waals surface area (Å²) in [6.07, 6.45) is 7.65. The van der Waals surface area contributed by atoms with E-state index in [2.05, 4.69) is 17.0 Å². The summed E-state index contributed by atoms with van der Waals surface area (Å²) in [6.45, 7) is 1.88. The van der Waals surface area contributed by atoms with Gasteiger partial charge in [-0.1, -0.05) is 24.3 Å². The maximum atomic E-state index is 11.1. The Morgan fingerprint density at radius 1 is 1.19 bits per heavy atom. The SMILES string of the molecule is N/C(=C\N(N)c1ccc(N)cc1)CCN1CCCC1c1ccc(/C=C/C(=O)NO)cc1. The highest BCUT2D eigenvalue weighted by Crippen LogP contribution is 2.32. The summed E-state index contributed by atoms with van der Waals surface area (Å²) in [5.41, 5.74) is 17.9. The van der Waals surface area contributed by atoms with Gasteiger partial charge in [-0.2, -0.15) is 0 Å². The molecule has 2 aromatic rings. The van der Waals surface area contributed by atoms with Crippen LogP contribution in [0.1, 0.15) is 36.4 Å². The van der Waals surface area contributed by atoms with Crippen molar-refractivity contribution >= 4 is 23.4 Å². The number of anilines is 2. The van der Waals surface area contributed by atoms with E-state index in [1.165, 1.54) is 16.6 Å². The van der Waals surface area contributed by atoms with Crippen LogP contribution >= 0.6 is 0 Å². The zero-order valence-corrected chi connectivity index (χ0v) is 17.4. The monoisotopic (exact) mass is 422 g/mol. The molecule has 1 unspecified atom stereocenters. The van der Waals surface area contributed by atoms with Gasteiger partial charge in [0.2, 0.25) is 0 Å². The zero-order valence-electron chi connectivity index (χ0n) is 17.4. The second-order valence-electron chi connectivity index (χ2n) is 7.62. The lowest BCUT2D eigenvalue weighted by Gasteiger charge is -2.25. The van der Waals surface area contributed by atoms with Crippen LogP contribution in [-0.4, -0.2) is 29.1 Å². The summed E-state index contributed by atoms with van der Waals surface area (Å²) in [6, 6.07) is 15.8. The Morgan fingerprint density at radius 3 is 2.58 bits per heavy atom. The van der Waals surface area contributed by atoms with Crippen LogP contribution in [0.5, 0.6) is 0 Å². The predicted molar refractivity (Wildman–Crippen MR) is 123 cm³/mol. The highest BCUT2D eigenvalue weighted by Gasteiger charge is 2.25. The van der Waals surface area contributed by atoms with E-state index < -0.39 is 5.91 Å². The third-order valence-electron chi connectivity index (χ3n) is 5.41. The third-order valence-corrected chi connectivity index (χ3v) is 5.41. The minimum atomic E-state index is -0.552. The number of benzene rings is 2. The van der Waals surface area contributed by atoms with Gasteiger partial charge in [0.1, 0.15) is 0 Å². The van der Waals surface area contributed by atoms with Crippen molar-refractivity contribution < 1.29 is 10.0 Å². The molecule has 0 aromatic heterocycles. The lowest BCUT2D eigenvalue weighted by molar-refractivity contribution is -0.124. The van der Waals surface area contributed by atoms with Crippen molar-refractivity contribution in [2.24, 2.45) is 11.6 Å². The second kappa shape index (κ2) is 10.6. The number of rotatable bonds is 8. The third kappa shape index (κ3) is 6.32. The van der Waals surface area contributed by atoms with E-state index >= 15 is 0 Å². The van der Waals surface area contributed by atoms with Gasteiger partial charge in [0, 0.05) is 42.7 Å². The maximum Gasteiger partial charge on any atom is 0.267 e. The summed E-state index contributed by atoms with van der Waals surface area (Å²) in [4.78, 5) is 13.5. The number of nitrogen functional groups attached to an aromatic ring is 1. The van der Waals surface area contributed by atoms with Gasteiger partial charge in [0.25, 0.3) is 5.91 Å². The minimum Gasteiger partial charge on any atom is -0.401 e. The van der Waals surface area contributed by atoms with E-state index in [4.69, 9.17) is 22.5 Å². The van der Waals surface area contributed by atoms with E-state index in [9.17, 15) is 4.79 Å². The van der Waals surface area contributed by atoms with Gasteiger partial charge in [-0.15, -0.1) is 0 Å². The molecule has 0 aliphatic carbocycles. The Kier molecular flexibility index (Phi) is 7.66. The lowest BCUT2D eigenvalue weighted by Crippen LogP contribution is -2.28. The van der Waals surface area contributed by atoms with Crippen LogP contribution in [0, 0.1) is 0 Å². The van der Waals surface area contributed by atoms with E-state index in [-0.39, 0.29) is 0 Å². The Labute approximate surface area is 182 Å². The first-order chi connectivity index (χ1) is 15.0. The van der Waals surface area contributed by atoms with Gasteiger partial charge in [0.05, 0.1) is 5.69 Å². The van der Waals surface area contributed by atoms with Crippen molar-refractivity contribution in [1.29, 1.82) is 0 Å².